The summed E-state index contributed by atoms with van der Waals surface area (Å²) in [6, 6.07) is 3.81. The highest BCUT2D eigenvalue weighted by atomic mass is 79.9. The van der Waals surface area contributed by atoms with E-state index in [1.165, 1.54) is 6.92 Å². The van der Waals surface area contributed by atoms with Crippen molar-refractivity contribution in [3.05, 3.63) is 27.1 Å². The average molecular weight is 366 g/mol. The average Bonchev–Trinajstić information content (AvgIpc) is 2.23. The lowest BCUT2D eigenvalue weighted by atomic mass is 10.3. The summed E-state index contributed by atoms with van der Waals surface area (Å²) in [5.74, 6) is -1.09. The maximum absolute atomic E-state index is 11.5. The molecule has 5 nitrogen and oxygen atoms in total. The number of benzene rings is 1. The zero-order valence-electron chi connectivity index (χ0n) is 8.83. The number of hydrogen-bond acceptors (Lipinski definition) is 2. The number of rotatable bonds is 3. The molecule has 1 aromatic carbocycles. The largest absolute Gasteiger partial charge is 0.480 e. The van der Waals surface area contributed by atoms with Crippen molar-refractivity contribution < 1.29 is 14.7 Å². The van der Waals surface area contributed by atoms with Crippen molar-refractivity contribution in [1.29, 1.82) is 0 Å². The Labute approximate surface area is 115 Å². The molecule has 17 heavy (non-hydrogen) atoms. The Hall–Kier alpha value is -1.08. The summed E-state index contributed by atoms with van der Waals surface area (Å²) in [6.45, 7) is 1.39. The number of carboxylic acid groups (broad SMARTS) is 1. The van der Waals surface area contributed by atoms with Crippen LogP contribution >= 0.6 is 31.9 Å². The molecule has 7 heteroatoms. The Morgan fingerprint density at radius 2 is 1.82 bits per heavy atom. The Balaban J connectivity index is 2.72. The van der Waals surface area contributed by atoms with E-state index in [9.17, 15) is 9.59 Å². The number of carbonyl (C=O) groups excluding carboxylic acids is 1. The van der Waals surface area contributed by atoms with Crippen LogP contribution in [0.15, 0.2) is 27.1 Å². The second kappa shape index (κ2) is 6.02. The second-order valence-electron chi connectivity index (χ2n) is 3.26. The Kier molecular flexibility index (Phi) is 4.95. The lowest BCUT2D eigenvalue weighted by Gasteiger charge is -2.12. The van der Waals surface area contributed by atoms with E-state index < -0.39 is 18.0 Å². The third-order valence-electron chi connectivity index (χ3n) is 1.92. The van der Waals surface area contributed by atoms with Gasteiger partial charge in [-0.3, -0.25) is 4.79 Å². The topological polar surface area (TPSA) is 78.4 Å². The van der Waals surface area contributed by atoms with Crippen LogP contribution < -0.4 is 10.6 Å². The molecule has 0 saturated carbocycles. The van der Waals surface area contributed by atoms with E-state index in [-0.39, 0.29) is 0 Å². The van der Waals surface area contributed by atoms with Crippen molar-refractivity contribution in [2.24, 2.45) is 0 Å². The molecule has 0 saturated heterocycles. The molecule has 0 aliphatic rings. The summed E-state index contributed by atoms with van der Waals surface area (Å²) < 4.78 is 1.40. The quantitative estimate of drug-likeness (QED) is 0.770. The predicted molar refractivity (Wildman–Crippen MR) is 71.1 cm³/mol. The molecule has 0 aromatic heterocycles. The number of anilines is 1. The van der Waals surface area contributed by atoms with Gasteiger partial charge in [0.1, 0.15) is 6.04 Å². The first-order chi connectivity index (χ1) is 7.91. The normalized spacial score (nSPS) is 11.7. The second-order valence-corrected chi connectivity index (χ2v) is 4.96. The molecule has 1 atom stereocenters. The number of aliphatic carboxylic acids is 1. The summed E-state index contributed by atoms with van der Waals surface area (Å²) >= 11 is 6.56. The van der Waals surface area contributed by atoms with Crippen LogP contribution in [0.4, 0.5) is 10.5 Å². The van der Waals surface area contributed by atoms with Gasteiger partial charge >= 0.3 is 12.0 Å². The van der Waals surface area contributed by atoms with Crippen LogP contribution in [0, 0.1) is 0 Å². The minimum atomic E-state index is -1.09. The minimum Gasteiger partial charge on any atom is -0.480 e. The van der Waals surface area contributed by atoms with E-state index in [1.54, 1.807) is 18.2 Å². The first-order valence-corrected chi connectivity index (χ1v) is 6.24. The third-order valence-corrected chi connectivity index (χ3v) is 3.24. The van der Waals surface area contributed by atoms with Gasteiger partial charge in [-0.05, 0) is 50.9 Å². The summed E-state index contributed by atoms with van der Waals surface area (Å²) in [4.78, 5) is 22.1. The Morgan fingerprint density at radius 1 is 1.29 bits per heavy atom. The highest BCUT2D eigenvalue weighted by Gasteiger charge is 2.15. The van der Waals surface area contributed by atoms with E-state index in [1.807, 2.05) is 0 Å². The molecule has 0 heterocycles. The van der Waals surface area contributed by atoms with Crippen molar-refractivity contribution in [2.45, 2.75) is 13.0 Å². The van der Waals surface area contributed by atoms with Crippen molar-refractivity contribution in [3.8, 4) is 0 Å². The summed E-state index contributed by atoms with van der Waals surface area (Å²) in [5, 5.41) is 13.5. The molecule has 0 bridgehead atoms. The van der Waals surface area contributed by atoms with E-state index in [0.29, 0.717) is 14.6 Å². The summed E-state index contributed by atoms with van der Waals surface area (Å²) in [5.41, 5.74) is 0.544. The monoisotopic (exact) mass is 364 g/mol. The molecular weight excluding hydrogens is 356 g/mol. The number of carbonyl (C=O) groups is 2. The molecule has 0 fully saturated rings. The van der Waals surface area contributed by atoms with E-state index in [0.717, 1.165) is 0 Å². The minimum absolute atomic E-state index is 0.544. The van der Waals surface area contributed by atoms with Crippen LogP contribution in [-0.2, 0) is 4.79 Å². The van der Waals surface area contributed by atoms with Gasteiger partial charge < -0.3 is 15.7 Å². The van der Waals surface area contributed by atoms with Gasteiger partial charge in [0.05, 0.1) is 5.69 Å². The fourth-order valence-electron chi connectivity index (χ4n) is 1.03. The smallest absolute Gasteiger partial charge is 0.325 e. The van der Waals surface area contributed by atoms with Crippen molar-refractivity contribution in [1.82, 2.24) is 5.32 Å². The van der Waals surface area contributed by atoms with Crippen LogP contribution in [0.2, 0.25) is 0 Å². The molecule has 92 valence electrons. The third kappa shape index (κ3) is 4.01. The Morgan fingerprint density at radius 3 is 2.29 bits per heavy atom. The number of hydrogen-bond donors (Lipinski definition) is 3. The number of para-hydroxylation sites is 1. The van der Waals surface area contributed by atoms with Gasteiger partial charge in [0.2, 0.25) is 0 Å². The molecule has 0 radical (unpaired) electrons. The number of amides is 2. The lowest BCUT2D eigenvalue weighted by Crippen LogP contribution is -2.40. The number of halogens is 2. The van der Waals surface area contributed by atoms with Crippen LogP contribution in [0.3, 0.4) is 0 Å². The Bertz CT molecular complexity index is 431. The van der Waals surface area contributed by atoms with Crippen LogP contribution in [0.1, 0.15) is 6.92 Å². The number of carboxylic acids is 1. The molecular formula is C10H10Br2N2O3. The van der Waals surface area contributed by atoms with Crippen LogP contribution in [0.5, 0.6) is 0 Å². The molecule has 3 N–H and O–H groups in total. The maximum atomic E-state index is 11.5. The standard InChI is InChI=1S/C10H10Br2N2O3/c1-5(9(15)16)13-10(17)14-8-6(11)3-2-4-7(8)12/h2-5H,1H3,(H,15,16)(H2,13,14,17)/t5-/m0/s1. The fraction of sp³-hybridized carbons (Fsp3) is 0.200. The lowest BCUT2D eigenvalue weighted by molar-refractivity contribution is -0.138. The van der Waals surface area contributed by atoms with Crippen LogP contribution in [0.25, 0.3) is 0 Å². The van der Waals surface area contributed by atoms with Crippen molar-refractivity contribution >= 4 is 49.5 Å². The summed E-state index contributed by atoms with van der Waals surface area (Å²) in [7, 11) is 0. The van der Waals surface area contributed by atoms with Gasteiger partial charge in [-0.25, -0.2) is 4.79 Å². The molecule has 1 aromatic rings. The van der Waals surface area contributed by atoms with E-state index >= 15 is 0 Å². The zero-order valence-corrected chi connectivity index (χ0v) is 12.0. The molecule has 0 unspecified atom stereocenters. The molecule has 0 spiro atoms. The van der Waals surface area contributed by atoms with E-state index in [4.69, 9.17) is 5.11 Å². The van der Waals surface area contributed by atoms with Crippen LogP contribution in [-0.4, -0.2) is 23.1 Å². The summed E-state index contributed by atoms with van der Waals surface area (Å²) in [6.07, 6.45) is 0. The molecule has 0 aliphatic heterocycles. The maximum Gasteiger partial charge on any atom is 0.325 e. The predicted octanol–water partition coefficient (Wildman–Crippen LogP) is 2.81. The van der Waals surface area contributed by atoms with Crippen molar-refractivity contribution in [3.63, 3.8) is 0 Å². The number of nitrogens with one attached hydrogen (secondary N) is 2. The first kappa shape index (κ1) is 14.0. The van der Waals surface area contributed by atoms with Crippen molar-refractivity contribution in [2.75, 3.05) is 5.32 Å². The van der Waals surface area contributed by atoms with Gasteiger partial charge in [-0.2, -0.15) is 0 Å². The highest BCUT2D eigenvalue weighted by Crippen LogP contribution is 2.30. The SMILES string of the molecule is C[C@H](NC(=O)Nc1c(Br)cccc1Br)C(=O)O. The fourth-order valence-corrected chi connectivity index (χ4v) is 2.22. The van der Waals surface area contributed by atoms with E-state index in [2.05, 4.69) is 42.5 Å². The van der Waals surface area contributed by atoms with Gasteiger partial charge in [0, 0.05) is 8.95 Å². The van der Waals surface area contributed by atoms with Gasteiger partial charge in [-0.1, -0.05) is 6.07 Å². The first-order valence-electron chi connectivity index (χ1n) is 4.66. The van der Waals surface area contributed by atoms with Gasteiger partial charge in [0.25, 0.3) is 0 Å². The molecule has 0 aliphatic carbocycles. The molecule has 2 amide bonds. The zero-order chi connectivity index (χ0) is 13.0. The molecule has 1 rings (SSSR count). The highest BCUT2D eigenvalue weighted by molar-refractivity contribution is 9.11. The van der Waals surface area contributed by atoms with Gasteiger partial charge in [0.15, 0.2) is 0 Å². The number of urea groups is 1. The van der Waals surface area contributed by atoms with Gasteiger partial charge in [-0.15, -0.1) is 0 Å².